The molecule has 0 unspecified atom stereocenters. The molecule has 94 valence electrons. The van der Waals surface area contributed by atoms with Crippen molar-refractivity contribution < 1.29 is 0 Å². The summed E-state index contributed by atoms with van der Waals surface area (Å²) in [5, 5.41) is 0. The van der Waals surface area contributed by atoms with Crippen LogP contribution in [0, 0.1) is 0 Å². The summed E-state index contributed by atoms with van der Waals surface area (Å²) < 4.78 is 2.09. The minimum Gasteiger partial charge on any atom is -0.104 e. The molecule has 2 aromatic carbocycles. The number of benzene rings is 2. The molecule has 0 aromatic heterocycles. The van der Waals surface area contributed by atoms with Crippen LogP contribution in [0.15, 0.2) is 57.5 Å². The van der Waals surface area contributed by atoms with Gasteiger partial charge in [-0.1, -0.05) is 56.1 Å². The zero-order valence-electron chi connectivity index (χ0n) is 9.29. The maximum atomic E-state index is 6.13. The highest BCUT2D eigenvalue weighted by Gasteiger charge is 2.21. The second-order valence-corrected chi connectivity index (χ2v) is 6.91. The van der Waals surface area contributed by atoms with Gasteiger partial charge in [0.05, 0.1) is 0 Å². The number of hydrogen-bond donors (Lipinski definition) is 0. The van der Waals surface area contributed by atoms with Crippen molar-refractivity contribution in [3.63, 3.8) is 0 Å². The Morgan fingerprint density at radius 1 is 0.667 bits per heavy atom. The average Bonchev–Trinajstić information content (AvgIpc) is 2.34. The van der Waals surface area contributed by atoms with E-state index in [-0.39, 0.29) is 5.92 Å². The van der Waals surface area contributed by atoms with E-state index in [1.54, 1.807) is 0 Å². The van der Waals surface area contributed by atoms with Gasteiger partial charge in [-0.15, -0.1) is 23.2 Å². The van der Waals surface area contributed by atoms with Crippen LogP contribution in [0.1, 0.15) is 17.0 Å². The molecule has 0 nitrogen and oxygen atoms in total. The lowest BCUT2D eigenvalue weighted by Crippen LogP contribution is -2.08. The van der Waals surface area contributed by atoms with Gasteiger partial charge in [0.2, 0.25) is 0 Å². The summed E-state index contributed by atoms with van der Waals surface area (Å²) in [4.78, 5) is -0.479. The van der Waals surface area contributed by atoms with Crippen molar-refractivity contribution in [3.8, 4) is 0 Å². The van der Waals surface area contributed by atoms with Gasteiger partial charge in [-0.25, -0.2) is 0 Å². The van der Waals surface area contributed by atoms with Crippen molar-refractivity contribution >= 4 is 55.1 Å². The topological polar surface area (TPSA) is 0 Å². The highest BCUT2D eigenvalue weighted by atomic mass is 79.9. The van der Waals surface area contributed by atoms with Crippen LogP contribution in [0.2, 0.25) is 0 Å². The van der Waals surface area contributed by atoms with Crippen molar-refractivity contribution in [2.75, 3.05) is 0 Å². The van der Waals surface area contributed by atoms with E-state index in [9.17, 15) is 0 Å². The molecule has 0 aliphatic rings. The maximum absolute atomic E-state index is 6.13. The summed E-state index contributed by atoms with van der Waals surface area (Å²) in [6.45, 7) is 0. The van der Waals surface area contributed by atoms with E-state index in [0.29, 0.717) is 0 Å². The normalized spacial score (nSPS) is 11.2. The molecule has 0 aliphatic heterocycles. The fraction of sp³-hybridized carbons (Fsp3) is 0.143. The van der Waals surface area contributed by atoms with Crippen molar-refractivity contribution in [3.05, 3.63) is 68.6 Å². The maximum Gasteiger partial charge on any atom is 0.118 e. The first-order valence-electron chi connectivity index (χ1n) is 5.37. The molecule has 0 atom stereocenters. The lowest BCUT2D eigenvalue weighted by Gasteiger charge is -2.19. The van der Waals surface area contributed by atoms with Crippen molar-refractivity contribution in [1.82, 2.24) is 0 Å². The van der Waals surface area contributed by atoms with Crippen LogP contribution < -0.4 is 0 Å². The zero-order valence-corrected chi connectivity index (χ0v) is 14.0. The fourth-order valence-corrected chi connectivity index (χ4v) is 2.93. The Morgan fingerprint density at radius 3 is 1.28 bits per heavy atom. The van der Waals surface area contributed by atoms with Crippen molar-refractivity contribution in [1.29, 1.82) is 0 Å². The SMILES string of the molecule is ClC(Cl)C(c1ccc(Br)cc1)c1ccc(Br)cc1. The van der Waals surface area contributed by atoms with E-state index in [1.165, 1.54) is 0 Å². The monoisotopic (exact) mass is 406 g/mol. The molecule has 18 heavy (non-hydrogen) atoms. The Bertz CT molecular complexity index is 461. The molecule has 0 bridgehead atoms. The molecule has 0 saturated carbocycles. The second-order valence-electron chi connectivity index (χ2n) is 3.92. The average molecular weight is 409 g/mol. The van der Waals surface area contributed by atoms with Gasteiger partial charge >= 0.3 is 0 Å². The number of alkyl halides is 2. The summed E-state index contributed by atoms with van der Waals surface area (Å²) >= 11 is 19.1. The van der Waals surface area contributed by atoms with Crippen LogP contribution in [0.5, 0.6) is 0 Å². The van der Waals surface area contributed by atoms with Crippen LogP contribution in [-0.4, -0.2) is 4.84 Å². The second kappa shape index (κ2) is 6.42. The van der Waals surface area contributed by atoms with Gasteiger partial charge in [-0.3, -0.25) is 0 Å². The van der Waals surface area contributed by atoms with Crippen molar-refractivity contribution in [2.45, 2.75) is 10.8 Å². The van der Waals surface area contributed by atoms with Crippen LogP contribution in [0.3, 0.4) is 0 Å². The van der Waals surface area contributed by atoms with Gasteiger partial charge in [0.15, 0.2) is 0 Å². The van der Waals surface area contributed by atoms with Gasteiger partial charge in [0.25, 0.3) is 0 Å². The molecule has 0 heterocycles. The van der Waals surface area contributed by atoms with Crippen LogP contribution in [-0.2, 0) is 0 Å². The Morgan fingerprint density at radius 2 is 1.00 bits per heavy atom. The summed E-state index contributed by atoms with van der Waals surface area (Å²) in [6.07, 6.45) is 0. The highest BCUT2D eigenvalue weighted by Crippen LogP contribution is 2.34. The third-order valence-corrected chi connectivity index (χ3v) is 4.27. The predicted molar refractivity (Wildman–Crippen MR) is 85.6 cm³/mol. The van der Waals surface area contributed by atoms with Gasteiger partial charge in [0, 0.05) is 14.9 Å². The fourth-order valence-electron chi connectivity index (χ4n) is 1.82. The Labute approximate surface area is 134 Å². The molecular weight excluding hydrogens is 399 g/mol. The first kappa shape index (κ1) is 14.4. The molecule has 0 amide bonds. The van der Waals surface area contributed by atoms with Crippen LogP contribution in [0.25, 0.3) is 0 Å². The summed E-state index contributed by atoms with van der Waals surface area (Å²) in [5.41, 5.74) is 2.21. The van der Waals surface area contributed by atoms with Crippen LogP contribution >= 0.6 is 55.1 Å². The van der Waals surface area contributed by atoms with E-state index >= 15 is 0 Å². The molecule has 0 spiro atoms. The Hall–Kier alpha value is -0.0200. The molecule has 0 fully saturated rings. The molecule has 2 rings (SSSR count). The number of halogens is 4. The molecule has 4 heteroatoms. The minimum absolute atomic E-state index is 0.0190. The minimum atomic E-state index is -0.479. The van der Waals surface area contributed by atoms with Crippen LogP contribution in [0.4, 0.5) is 0 Å². The smallest absolute Gasteiger partial charge is 0.104 e. The van der Waals surface area contributed by atoms with E-state index in [1.807, 2.05) is 48.5 Å². The molecule has 2 aromatic rings. The summed E-state index contributed by atoms with van der Waals surface area (Å²) in [5.74, 6) is -0.0190. The quantitative estimate of drug-likeness (QED) is 0.534. The lowest BCUT2D eigenvalue weighted by molar-refractivity contribution is 0.886. The molecular formula is C14H10Br2Cl2. The van der Waals surface area contributed by atoms with Gasteiger partial charge in [-0.05, 0) is 35.4 Å². The van der Waals surface area contributed by atoms with Gasteiger partial charge in [0.1, 0.15) is 4.84 Å². The van der Waals surface area contributed by atoms with E-state index in [4.69, 9.17) is 23.2 Å². The predicted octanol–water partition coefficient (Wildman–Crippen LogP) is 6.15. The Kier molecular flexibility index (Phi) is 5.14. The van der Waals surface area contributed by atoms with Gasteiger partial charge < -0.3 is 0 Å². The van der Waals surface area contributed by atoms with Crippen molar-refractivity contribution in [2.24, 2.45) is 0 Å². The summed E-state index contributed by atoms with van der Waals surface area (Å²) in [7, 11) is 0. The molecule has 0 radical (unpaired) electrons. The van der Waals surface area contributed by atoms with E-state index in [2.05, 4.69) is 31.9 Å². The standard InChI is InChI=1S/C14H10Br2Cl2/c15-11-5-1-9(2-6-11)13(14(17)18)10-3-7-12(16)8-4-10/h1-8,13-14H. The number of rotatable bonds is 3. The molecule has 0 saturated heterocycles. The first-order valence-corrected chi connectivity index (χ1v) is 7.83. The summed E-state index contributed by atoms with van der Waals surface area (Å²) in [6, 6.07) is 16.1. The Balaban J connectivity index is 2.39. The molecule has 0 aliphatic carbocycles. The number of hydrogen-bond acceptors (Lipinski definition) is 0. The largest absolute Gasteiger partial charge is 0.118 e. The zero-order chi connectivity index (χ0) is 13.1. The third-order valence-electron chi connectivity index (χ3n) is 2.71. The molecule has 0 N–H and O–H groups in total. The lowest BCUT2D eigenvalue weighted by atomic mass is 9.93. The van der Waals surface area contributed by atoms with E-state index in [0.717, 1.165) is 20.1 Å². The van der Waals surface area contributed by atoms with E-state index < -0.39 is 4.84 Å². The first-order chi connectivity index (χ1) is 8.58. The van der Waals surface area contributed by atoms with Gasteiger partial charge in [-0.2, -0.15) is 0 Å². The highest BCUT2D eigenvalue weighted by molar-refractivity contribution is 9.10. The third kappa shape index (κ3) is 3.51.